The number of aromatic nitrogens is 1. The highest BCUT2D eigenvalue weighted by atomic mass is 16.6. The van der Waals surface area contributed by atoms with Gasteiger partial charge in [-0.3, -0.25) is 10.1 Å². The molecule has 7 heteroatoms. The summed E-state index contributed by atoms with van der Waals surface area (Å²) in [5, 5.41) is 20.7. The van der Waals surface area contributed by atoms with Crippen LogP contribution in [-0.4, -0.2) is 59.2 Å². The zero-order valence-electron chi connectivity index (χ0n) is 13.8. The van der Waals surface area contributed by atoms with Crippen LogP contribution >= 0.6 is 0 Å². The molecule has 0 aliphatic carbocycles. The third-order valence-electron chi connectivity index (χ3n) is 4.73. The van der Waals surface area contributed by atoms with E-state index in [4.69, 9.17) is 5.11 Å². The zero-order chi connectivity index (χ0) is 17.1. The van der Waals surface area contributed by atoms with Crippen LogP contribution < -0.4 is 4.90 Å². The van der Waals surface area contributed by atoms with Crippen molar-refractivity contribution in [3.05, 3.63) is 40.4 Å². The topological polar surface area (TPSA) is 82.7 Å². The third kappa shape index (κ3) is 3.47. The highest BCUT2D eigenvalue weighted by molar-refractivity contribution is 5.82. The van der Waals surface area contributed by atoms with Crippen LogP contribution in [0.25, 0.3) is 10.9 Å². The normalized spacial score (nSPS) is 16.0. The standard InChI is InChI=1S/C17H22N4O3/c1-19(10-11-22)14-6-8-20(9-7-14)17-5-2-13-12-15(21(23)24)3-4-16(13)18-17/h2-5,12,14,22H,6-11H2,1H3. The minimum atomic E-state index is -0.388. The molecular formula is C17H22N4O3. The summed E-state index contributed by atoms with van der Waals surface area (Å²) in [6, 6.07) is 9.09. The van der Waals surface area contributed by atoms with Gasteiger partial charge < -0.3 is 14.9 Å². The van der Waals surface area contributed by atoms with Crippen LogP contribution in [0, 0.1) is 10.1 Å². The maximum absolute atomic E-state index is 10.8. The first-order chi connectivity index (χ1) is 11.6. The summed E-state index contributed by atoms with van der Waals surface area (Å²) in [5.41, 5.74) is 0.863. The SMILES string of the molecule is CN(CCO)C1CCN(c2ccc3cc([N+](=O)[O-])ccc3n2)CC1. The van der Waals surface area contributed by atoms with Gasteiger partial charge in [0.15, 0.2) is 0 Å². The number of aliphatic hydroxyl groups excluding tert-OH is 1. The lowest BCUT2D eigenvalue weighted by Crippen LogP contribution is -2.44. The quantitative estimate of drug-likeness (QED) is 0.667. The van der Waals surface area contributed by atoms with Crippen LogP contribution in [-0.2, 0) is 0 Å². The molecule has 2 aromatic rings. The maximum atomic E-state index is 10.8. The fraction of sp³-hybridized carbons (Fsp3) is 0.471. The summed E-state index contributed by atoms with van der Waals surface area (Å²) < 4.78 is 0. The second-order valence-corrected chi connectivity index (χ2v) is 6.23. The minimum Gasteiger partial charge on any atom is -0.395 e. The number of piperidine rings is 1. The van der Waals surface area contributed by atoms with Crippen LogP contribution in [0.15, 0.2) is 30.3 Å². The van der Waals surface area contributed by atoms with E-state index in [2.05, 4.69) is 21.8 Å². The Morgan fingerprint density at radius 3 is 2.75 bits per heavy atom. The Balaban J connectivity index is 1.72. The van der Waals surface area contributed by atoms with Gasteiger partial charge in [0.05, 0.1) is 17.0 Å². The van der Waals surface area contributed by atoms with Gasteiger partial charge in [0.1, 0.15) is 5.82 Å². The highest BCUT2D eigenvalue weighted by Crippen LogP contribution is 2.25. The molecule has 1 aliphatic heterocycles. The van der Waals surface area contributed by atoms with E-state index in [0.717, 1.165) is 42.7 Å². The maximum Gasteiger partial charge on any atom is 0.270 e. The number of hydrogen-bond acceptors (Lipinski definition) is 6. The molecule has 24 heavy (non-hydrogen) atoms. The molecule has 1 fully saturated rings. The Morgan fingerprint density at radius 1 is 1.33 bits per heavy atom. The van der Waals surface area contributed by atoms with E-state index in [-0.39, 0.29) is 17.2 Å². The number of likely N-dealkylation sites (N-methyl/N-ethyl adjacent to an activating group) is 1. The Morgan fingerprint density at radius 2 is 2.08 bits per heavy atom. The molecule has 0 bridgehead atoms. The van der Waals surface area contributed by atoms with Crippen molar-refractivity contribution in [3.63, 3.8) is 0 Å². The number of nitrogens with zero attached hydrogens (tertiary/aromatic N) is 4. The molecule has 0 atom stereocenters. The summed E-state index contributed by atoms with van der Waals surface area (Å²) in [6.07, 6.45) is 2.08. The molecule has 0 spiro atoms. The second kappa shape index (κ2) is 7.11. The van der Waals surface area contributed by atoms with E-state index in [9.17, 15) is 10.1 Å². The molecule has 2 heterocycles. The number of nitro groups is 1. The number of aliphatic hydroxyl groups is 1. The Kier molecular flexibility index (Phi) is 4.92. The van der Waals surface area contributed by atoms with Crippen molar-refractivity contribution >= 4 is 22.4 Å². The summed E-state index contributed by atoms with van der Waals surface area (Å²) >= 11 is 0. The molecule has 1 aliphatic rings. The average molecular weight is 330 g/mol. The molecule has 1 N–H and O–H groups in total. The first-order valence-electron chi connectivity index (χ1n) is 8.20. The molecule has 0 unspecified atom stereocenters. The number of fused-ring (bicyclic) bond motifs is 1. The third-order valence-corrected chi connectivity index (χ3v) is 4.73. The van der Waals surface area contributed by atoms with Crippen LogP contribution in [0.1, 0.15) is 12.8 Å². The fourth-order valence-corrected chi connectivity index (χ4v) is 3.27. The van der Waals surface area contributed by atoms with Crippen LogP contribution in [0.5, 0.6) is 0 Å². The molecule has 3 rings (SSSR count). The largest absolute Gasteiger partial charge is 0.395 e. The second-order valence-electron chi connectivity index (χ2n) is 6.23. The molecular weight excluding hydrogens is 308 g/mol. The van der Waals surface area contributed by atoms with Gasteiger partial charge in [-0.2, -0.15) is 0 Å². The number of nitro benzene ring substituents is 1. The number of non-ortho nitro benzene ring substituents is 1. The molecule has 1 aromatic heterocycles. The predicted octanol–water partition coefficient (Wildman–Crippen LogP) is 2.04. The van der Waals surface area contributed by atoms with Crippen molar-refractivity contribution in [2.75, 3.05) is 38.2 Å². The Labute approximate surface area is 140 Å². The first kappa shape index (κ1) is 16.6. The van der Waals surface area contributed by atoms with E-state index in [1.54, 1.807) is 12.1 Å². The van der Waals surface area contributed by atoms with Crippen molar-refractivity contribution < 1.29 is 10.0 Å². The van der Waals surface area contributed by atoms with Gasteiger partial charge in [0.25, 0.3) is 5.69 Å². The summed E-state index contributed by atoms with van der Waals surface area (Å²) in [4.78, 5) is 19.6. The van der Waals surface area contributed by atoms with Crippen LogP contribution in [0.4, 0.5) is 11.5 Å². The van der Waals surface area contributed by atoms with E-state index in [1.807, 2.05) is 12.1 Å². The fourth-order valence-electron chi connectivity index (χ4n) is 3.27. The van der Waals surface area contributed by atoms with Crippen LogP contribution in [0.2, 0.25) is 0 Å². The van der Waals surface area contributed by atoms with Crippen LogP contribution in [0.3, 0.4) is 0 Å². The molecule has 1 aromatic carbocycles. The van der Waals surface area contributed by atoms with Gasteiger partial charge in [-0.05, 0) is 38.1 Å². The number of rotatable bonds is 5. The molecule has 0 amide bonds. The molecule has 0 radical (unpaired) electrons. The average Bonchev–Trinajstić information content (AvgIpc) is 2.61. The zero-order valence-corrected chi connectivity index (χ0v) is 13.8. The molecule has 1 saturated heterocycles. The minimum absolute atomic E-state index is 0.0878. The Bertz CT molecular complexity index is 729. The van der Waals surface area contributed by atoms with Gasteiger partial charge in [-0.25, -0.2) is 4.98 Å². The lowest BCUT2D eigenvalue weighted by molar-refractivity contribution is -0.384. The van der Waals surface area contributed by atoms with Gasteiger partial charge in [-0.15, -0.1) is 0 Å². The summed E-state index contributed by atoms with van der Waals surface area (Å²) in [5.74, 6) is 0.916. The van der Waals surface area contributed by atoms with E-state index in [1.165, 1.54) is 6.07 Å². The lowest BCUT2D eigenvalue weighted by Gasteiger charge is -2.37. The van der Waals surface area contributed by atoms with Crippen molar-refractivity contribution in [1.29, 1.82) is 0 Å². The summed E-state index contributed by atoms with van der Waals surface area (Å²) in [6.45, 7) is 2.74. The lowest BCUT2D eigenvalue weighted by atomic mass is 10.0. The number of hydrogen-bond donors (Lipinski definition) is 1. The van der Waals surface area contributed by atoms with Crippen molar-refractivity contribution in [3.8, 4) is 0 Å². The predicted molar refractivity (Wildman–Crippen MR) is 93.3 cm³/mol. The first-order valence-corrected chi connectivity index (χ1v) is 8.20. The molecule has 128 valence electrons. The monoisotopic (exact) mass is 330 g/mol. The number of anilines is 1. The van der Waals surface area contributed by atoms with E-state index in [0.29, 0.717) is 12.6 Å². The Hall–Kier alpha value is -2.25. The van der Waals surface area contributed by atoms with Gasteiger partial charge in [0.2, 0.25) is 0 Å². The highest BCUT2D eigenvalue weighted by Gasteiger charge is 2.23. The van der Waals surface area contributed by atoms with E-state index < -0.39 is 0 Å². The molecule has 0 saturated carbocycles. The number of pyridine rings is 1. The summed E-state index contributed by atoms with van der Waals surface area (Å²) in [7, 11) is 2.05. The van der Waals surface area contributed by atoms with E-state index >= 15 is 0 Å². The van der Waals surface area contributed by atoms with Gasteiger partial charge in [-0.1, -0.05) is 0 Å². The van der Waals surface area contributed by atoms with Gasteiger partial charge in [0, 0.05) is 43.2 Å². The molecule has 7 nitrogen and oxygen atoms in total. The smallest absolute Gasteiger partial charge is 0.270 e. The van der Waals surface area contributed by atoms with Crippen molar-refractivity contribution in [2.24, 2.45) is 0 Å². The van der Waals surface area contributed by atoms with Crippen molar-refractivity contribution in [1.82, 2.24) is 9.88 Å². The van der Waals surface area contributed by atoms with Crippen molar-refractivity contribution in [2.45, 2.75) is 18.9 Å². The number of benzene rings is 1. The van der Waals surface area contributed by atoms with Gasteiger partial charge >= 0.3 is 0 Å².